The Kier molecular flexibility index (Phi) is 4.85. The molecule has 1 spiro atoms. The van der Waals surface area contributed by atoms with Crippen molar-refractivity contribution < 1.29 is 14.3 Å². The molecule has 0 radical (unpaired) electrons. The number of ketones is 2. The molecule has 0 unspecified atom stereocenters. The van der Waals surface area contributed by atoms with Gasteiger partial charge in [0.25, 0.3) is 0 Å². The molecule has 2 heterocycles. The quantitative estimate of drug-likeness (QED) is 0.241. The molecule has 0 amide bonds. The molecule has 1 fully saturated rings. The number of nitrogens with one attached hydrogen (secondary N) is 1. The minimum absolute atomic E-state index is 0.173. The zero-order chi connectivity index (χ0) is 25.0. The average Bonchev–Trinajstić information content (AvgIpc) is 3.62. The molecule has 37 heavy (non-hydrogen) atoms. The molecule has 3 atom stereocenters. The van der Waals surface area contributed by atoms with E-state index in [0.717, 1.165) is 38.9 Å². The molecule has 0 bridgehead atoms. The second-order valence-corrected chi connectivity index (χ2v) is 9.61. The summed E-state index contributed by atoms with van der Waals surface area (Å²) in [5.74, 6) is -0.835. The molecule has 178 valence electrons. The third-order valence-corrected chi connectivity index (χ3v) is 7.55. The van der Waals surface area contributed by atoms with Gasteiger partial charge in [-0.05, 0) is 28.8 Å². The fourth-order valence-corrected chi connectivity index (χ4v) is 5.82. The van der Waals surface area contributed by atoms with Crippen LogP contribution in [0.5, 0.6) is 0 Å². The van der Waals surface area contributed by atoms with Gasteiger partial charge in [-0.3, -0.25) is 9.59 Å². The number of carbonyl (C=O) groups is 2. The molecular weight excluding hydrogens is 458 g/mol. The summed E-state index contributed by atoms with van der Waals surface area (Å²) < 4.78 is 6.32. The van der Waals surface area contributed by atoms with E-state index in [1.165, 1.54) is 0 Å². The number of fused-ring (bicyclic) bond motifs is 3. The molecule has 1 N–H and O–H groups in total. The van der Waals surface area contributed by atoms with Crippen LogP contribution in [0.15, 0.2) is 121 Å². The van der Waals surface area contributed by atoms with E-state index in [-0.39, 0.29) is 11.6 Å². The van der Waals surface area contributed by atoms with Gasteiger partial charge in [0.15, 0.2) is 23.3 Å². The second-order valence-electron chi connectivity index (χ2n) is 9.61. The highest BCUT2D eigenvalue weighted by Crippen LogP contribution is 2.57. The lowest BCUT2D eigenvalue weighted by molar-refractivity contribution is -0.119. The fourth-order valence-electron chi connectivity index (χ4n) is 5.82. The van der Waals surface area contributed by atoms with Crippen LogP contribution in [-0.4, -0.2) is 28.3 Å². The maximum absolute atomic E-state index is 14.2. The monoisotopic (exact) mass is 481 g/mol. The fraction of sp³-hybridized carbons (Fsp3) is 0.0909. The number of carbonyl (C=O) groups excluding carboxylic acids is 2. The Hall–Kier alpha value is -4.54. The van der Waals surface area contributed by atoms with Gasteiger partial charge in [0.2, 0.25) is 0 Å². The topological polar surface area (TPSA) is 62.5 Å². The van der Waals surface area contributed by atoms with Crippen LogP contribution in [0.4, 0.5) is 0 Å². The van der Waals surface area contributed by atoms with Crippen molar-refractivity contribution in [1.82, 2.24) is 4.98 Å². The SMILES string of the molecule is O=C(c1ccccc1)[C@H]1O[C@@]12C(=O)C=C(c1ccccc1)c1[nH]c3ccccc3c1[C@H]2c1ccccc1. The second kappa shape index (κ2) is 8.26. The van der Waals surface area contributed by atoms with Crippen LogP contribution in [0.3, 0.4) is 0 Å². The largest absolute Gasteiger partial charge is 0.354 e. The Morgan fingerprint density at radius 2 is 1.38 bits per heavy atom. The van der Waals surface area contributed by atoms with Gasteiger partial charge in [0.1, 0.15) is 0 Å². The number of Topliss-reactive ketones (excluding diaryl/α,β-unsaturated/α-hetero) is 1. The third-order valence-electron chi connectivity index (χ3n) is 7.55. The number of aromatic nitrogens is 1. The van der Waals surface area contributed by atoms with E-state index < -0.39 is 17.6 Å². The van der Waals surface area contributed by atoms with Crippen molar-refractivity contribution in [1.29, 1.82) is 0 Å². The van der Waals surface area contributed by atoms with Crippen molar-refractivity contribution in [2.24, 2.45) is 0 Å². The van der Waals surface area contributed by atoms with Crippen LogP contribution in [0.1, 0.15) is 38.7 Å². The molecule has 2 aliphatic rings. The normalized spacial score (nSPS) is 22.4. The summed E-state index contributed by atoms with van der Waals surface area (Å²) in [6.45, 7) is 0. The number of ether oxygens (including phenoxy) is 1. The molecule has 4 aromatic carbocycles. The number of benzene rings is 4. The number of H-pyrrole nitrogens is 1. The number of hydrogen-bond acceptors (Lipinski definition) is 3. The Labute approximate surface area is 214 Å². The minimum Gasteiger partial charge on any atom is -0.354 e. The van der Waals surface area contributed by atoms with E-state index >= 15 is 0 Å². The first-order valence-corrected chi connectivity index (χ1v) is 12.4. The summed E-state index contributed by atoms with van der Waals surface area (Å²) in [5, 5.41) is 1.02. The van der Waals surface area contributed by atoms with Crippen LogP contribution >= 0.6 is 0 Å². The Balaban J connectivity index is 1.52. The Morgan fingerprint density at radius 3 is 2.11 bits per heavy atom. The van der Waals surface area contributed by atoms with Crippen molar-refractivity contribution in [3.05, 3.63) is 149 Å². The molecular formula is C33H23NO3. The molecule has 0 saturated carbocycles. The van der Waals surface area contributed by atoms with E-state index in [0.29, 0.717) is 5.56 Å². The molecule has 1 aromatic heterocycles. The van der Waals surface area contributed by atoms with Crippen molar-refractivity contribution in [3.63, 3.8) is 0 Å². The smallest absolute Gasteiger partial charge is 0.195 e. The van der Waals surface area contributed by atoms with E-state index in [9.17, 15) is 9.59 Å². The third kappa shape index (κ3) is 3.26. The van der Waals surface area contributed by atoms with Crippen molar-refractivity contribution >= 4 is 28.0 Å². The highest BCUT2D eigenvalue weighted by molar-refractivity contribution is 6.16. The lowest BCUT2D eigenvalue weighted by atomic mass is 9.75. The highest BCUT2D eigenvalue weighted by Gasteiger charge is 2.70. The predicted molar refractivity (Wildman–Crippen MR) is 143 cm³/mol. The van der Waals surface area contributed by atoms with Gasteiger partial charge in [-0.25, -0.2) is 0 Å². The number of aromatic amines is 1. The first kappa shape index (κ1) is 21.7. The number of hydrogen-bond donors (Lipinski definition) is 1. The summed E-state index contributed by atoms with van der Waals surface area (Å²) in [6, 6.07) is 37.0. The number of rotatable bonds is 4. The molecule has 1 aliphatic heterocycles. The molecule has 7 rings (SSSR count). The first-order chi connectivity index (χ1) is 18.2. The van der Waals surface area contributed by atoms with Gasteiger partial charge < -0.3 is 9.72 Å². The molecule has 1 saturated heterocycles. The highest BCUT2D eigenvalue weighted by atomic mass is 16.6. The summed E-state index contributed by atoms with van der Waals surface area (Å²) in [7, 11) is 0. The molecule has 4 heteroatoms. The van der Waals surface area contributed by atoms with Gasteiger partial charge in [-0.2, -0.15) is 0 Å². The van der Waals surface area contributed by atoms with Gasteiger partial charge in [0.05, 0.1) is 11.6 Å². The van der Waals surface area contributed by atoms with Crippen LogP contribution in [-0.2, 0) is 9.53 Å². The van der Waals surface area contributed by atoms with Crippen molar-refractivity contribution in [3.8, 4) is 0 Å². The Morgan fingerprint density at radius 1 is 0.757 bits per heavy atom. The van der Waals surface area contributed by atoms with Crippen LogP contribution in [0, 0.1) is 0 Å². The van der Waals surface area contributed by atoms with E-state index in [1.807, 2.05) is 97.1 Å². The van der Waals surface area contributed by atoms with Crippen LogP contribution in [0.2, 0.25) is 0 Å². The number of epoxide rings is 1. The van der Waals surface area contributed by atoms with Crippen molar-refractivity contribution in [2.45, 2.75) is 17.6 Å². The average molecular weight is 482 g/mol. The minimum atomic E-state index is -1.33. The van der Waals surface area contributed by atoms with Gasteiger partial charge in [-0.15, -0.1) is 0 Å². The Bertz CT molecular complexity index is 1690. The lowest BCUT2D eigenvalue weighted by Crippen LogP contribution is -2.36. The van der Waals surface area contributed by atoms with E-state index in [1.54, 1.807) is 18.2 Å². The van der Waals surface area contributed by atoms with Gasteiger partial charge >= 0.3 is 0 Å². The summed E-state index contributed by atoms with van der Waals surface area (Å²) in [4.78, 5) is 31.5. The zero-order valence-electron chi connectivity index (χ0n) is 19.9. The van der Waals surface area contributed by atoms with Crippen LogP contribution < -0.4 is 0 Å². The van der Waals surface area contributed by atoms with Gasteiger partial charge in [-0.1, -0.05) is 109 Å². The molecule has 5 aromatic rings. The predicted octanol–water partition coefficient (Wildman–Crippen LogP) is 6.33. The summed E-state index contributed by atoms with van der Waals surface area (Å²) in [5.41, 5.74) is 4.72. The zero-order valence-corrected chi connectivity index (χ0v) is 19.9. The van der Waals surface area contributed by atoms with E-state index in [4.69, 9.17) is 4.74 Å². The standard InChI is InChI=1S/C33H23NO3/c35-27-20-25(21-12-4-1-5-13-21)30-28(24-18-10-11-19-26(24)34-30)29(22-14-6-2-7-15-22)33(27)32(37-33)31(36)23-16-8-3-9-17-23/h1-20,29,32,34H/t29-,32-,33-/m1/s1. The van der Waals surface area contributed by atoms with Crippen molar-refractivity contribution in [2.75, 3.05) is 0 Å². The first-order valence-electron chi connectivity index (χ1n) is 12.4. The van der Waals surface area contributed by atoms with E-state index in [2.05, 4.69) is 11.1 Å². The van der Waals surface area contributed by atoms with Crippen LogP contribution in [0.25, 0.3) is 16.5 Å². The maximum atomic E-state index is 14.2. The number of para-hydroxylation sites is 1. The lowest BCUT2D eigenvalue weighted by Gasteiger charge is -2.23. The molecule has 1 aliphatic carbocycles. The molecule has 4 nitrogen and oxygen atoms in total. The van der Waals surface area contributed by atoms with Gasteiger partial charge in [0, 0.05) is 22.0 Å². The maximum Gasteiger partial charge on any atom is 0.195 e. The summed E-state index contributed by atoms with van der Waals surface area (Å²) in [6.07, 6.45) is 0.797. The summed E-state index contributed by atoms with van der Waals surface area (Å²) >= 11 is 0.